The minimum Gasteiger partial charge on any atom is -0.491 e. The summed E-state index contributed by atoms with van der Waals surface area (Å²) < 4.78 is 12.1. The summed E-state index contributed by atoms with van der Waals surface area (Å²) >= 11 is 0. The van der Waals surface area contributed by atoms with Crippen molar-refractivity contribution in [2.45, 2.75) is 38.8 Å². The van der Waals surface area contributed by atoms with Crippen LogP contribution in [0.25, 0.3) is 0 Å². The van der Waals surface area contributed by atoms with Crippen LogP contribution in [0.1, 0.15) is 37.0 Å². The van der Waals surface area contributed by atoms with E-state index < -0.39 is 0 Å². The Bertz CT molecular complexity index is 1040. The largest absolute Gasteiger partial charge is 0.491 e. The van der Waals surface area contributed by atoms with Crippen molar-refractivity contribution in [2.24, 2.45) is 11.8 Å². The van der Waals surface area contributed by atoms with Crippen molar-refractivity contribution in [2.75, 3.05) is 51.0 Å². The monoisotopic (exact) mass is 494 g/mol. The molecule has 36 heavy (non-hydrogen) atoms. The SMILES string of the molecule is CO[C@H]1CN(C)C(=O)c2cc(NC(=O)Nc3ccccc3)ccc2OC[C@@H](C)N(CC2CC2)C[C@@H]1C. The molecule has 2 aromatic carbocycles. The smallest absolute Gasteiger partial charge is 0.323 e. The van der Waals surface area contributed by atoms with Crippen molar-refractivity contribution in [3.8, 4) is 5.75 Å². The summed E-state index contributed by atoms with van der Waals surface area (Å²) in [4.78, 5) is 30.2. The molecule has 4 rings (SSSR count). The number of urea groups is 1. The van der Waals surface area contributed by atoms with Crippen molar-refractivity contribution in [3.63, 3.8) is 0 Å². The zero-order valence-corrected chi connectivity index (χ0v) is 21.7. The van der Waals surface area contributed by atoms with Gasteiger partial charge in [-0.25, -0.2) is 4.79 Å². The fourth-order valence-corrected chi connectivity index (χ4v) is 4.63. The molecule has 8 nitrogen and oxygen atoms in total. The second-order valence-corrected chi connectivity index (χ2v) is 10.2. The number of benzene rings is 2. The Morgan fingerprint density at radius 1 is 1.06 bits per heavy atom. The van der Waals surface area contributed by atoms with E-state index in [-0.39, 0.29) is 30.0 Å². The molecular formula is C28H38N4O4. The second kappa shape index (κ2) is 11.8. The molecule has 2 N–H and O–H groups in total. The molecule has 0 bridgehead atoms. The second-order valence-electron chi connectivity index (χ2n) is 10.2. The van der Waals surface area contributed by atoms with Crippen LogP contribution in [0, 0.1) is 11.8 Å². The summed E-state index contributed by atoms with van der Waals surface area (Å²) in [5.41, 5.74) is 1.61. The molecule has 1 aliphatic heterocycles. The van der Waals surface area contributed by atoms with E-state index >= 15 is 0 Å². The van der Waals surface area contributed by atoms with Crippen LogP contribution in [0.4, 0.5) is 16.2 Å². The average molecular weight is 495 g/mol. The predicted octanol–water partition coefficient (Wildman–Crippen LogP) is 4.55. The molecule has 194 valence electrons. The molecule has 2 aliphatic rings. The molecule has 3 atom stereocenters. The van der Waals surface area contributed by atoms with Crippen LogP contribution in [0.2, 0.25) is 0 Å². The number of ether oxygens (including phenoxy) is 2. The highest BCUT2D eigenvalue weighted by atomic mass is 16.5. The van der Waals surface area contributed by atoms with E-state index in [2.05, 4.69) is 29.4 Å². The van der Waals surface area contributed by atoms with E-state index in [0.717, 1.165) is 19.0 Å². The summed E-state index contributed by atoms with van der Waals surface area (Å²) in [5.74, 6) is 1.36. The Labute approximate surface area is 213 Å². The number of carbonyl (C=O) groups is 2. The lowest BCUT2D eigenvalue weighted by atomic mass is 10.0. The summed E-state index contributed by atoms with van der Waals surface area (Å²) in [5, 5.41) is 5.62. The van der Waals surface area contributed by atoms with Gasteiger partial charge in [-0.2, -0.15) is 0 Å². The molecule has 0 radical (unpaired) electrons. The van der Waals surface area contributed by atoms with Gasteiger partial charge in [0.2, 0.25) is 0 Å². The number of likely N-dealkylation sites (N-methyl/N-ethyl adjacent to an activating group) is 1. The number of nitrogens with one attached hydrogen (secondary N) is 2. The van der Waals surface area contributed by atoms with E-state index in [9.17, 15) is 9.59 Å². The number of carbonyl (C=O) groups excluding carboxylic acids is 2. The average Bonchev–Trinajstić information content (AvgIpc) is 3.69. The molecule has 0 spiro atoms. The highest BCUT2D eigenvalue weighted by molar-refractivity contribution is 6.02. The molecule has 1 heterocycles. The van der Waals surface area contributed by atoms with Gasteiger partial charge in [0.1, 0.15) is 12.4 Å². The molecule has 0 saturated heterocycles. The van der Waals surface area contributed by atoms with Crippen molar-refractivity contribution in [1.29, 1.82) is 0 Å². The first-order chi connectivity index (χ1) is 17.3. The number of para-hydroxylation sites is 1. The normalized spacial score (nSPS) is 23.6. The topological polar surface area (TPSA) is 83.1 Å². The lowest BCUT2D eigenvalue weighted by Crippen LogP contribution is -2.47. The number of nitrogens with zero attached hydrogens (tertiary/aromatic N) is 2. The number of amides is 3. The van der Waals surface area contributed by atoms with Crippen molar-refractivity contribution in [1.82, 2.24) is 9.80 Å². The Kier molecular flexibility index (Phi) is 8.48. The molecule has 0 unspecified atom stereocenters. The molecule has 2 aromatic rings. The third-order valence-corrected chi connectivity index (χ3v) is 7.05. The predicted molar refractivity (Wildman–Crippen MR) is 142 cm³/mol. The summed E-state index contributed by atoms with van der Waals surface area (Å²) in [7, 11) is 3.49. The number of methoxy groups -OCH3 is 1. The summed E-state index contributed by atoms with van der Waals surface area (Å²) in [6.07, 6.45) is 2.49. The maximum atomic E-state index is 13.5. The van der Waals surface area contributed by atoms with Gasteiger partial charge in [-0.15, -0.1) is 0 Å². The van der Waals surface area contributed by atoms with E-state index in [4.69, 9.17) is 9.47 Å². The van der Waals surface area contributed by atoms with Gasteiger partial charge in [0.15, 0.2) is 0 Å². The lowest BCUT2D eigenvalue weighted by Gasteiger charge is -2.36. The molecule has 0 aromatic heterocycles. The van der Waals surface area contributed by atoms with Crippen LogP contribution in [0.5, 0.6) is 5.75 Å². The number of hydrogen-bond donors (Lipinski definition) is 2. The van der Waals surface area contributed by atoms with Crippen LogP contribution >= 0.6 is 0 Å². The van der Waals surface area contributed by atoms with Gasteiger partial charge < -0.3 is 25.0 Å². The minimum atomic E-state index is -0.381. The van der Waals surface area contributed by atoms with Crippen LogP contribution in [-0.2, 0) is 4.74 Å². The van der Waals surface area contributed by atoms with Gasteiger partial charge in [-0.05, 0) is 61.9 Å². The van der Waals surface area contributed by atoms with Crippen LogP contribution < -0.4 is 15.4 Å². The fraction of sp³-hybridized carbons (Fsp3) is 0.500. The third-order valence-electron chi connectivity index (χ3n) is 7.05. The Morgan fingerprint density at radius 3 is 2.47 bits per heavy atom. The van der Waals surface area contributed by atoms with Gasteiger partial charge in [-0.1, -0.05) is 25.1 Å². The summed E-state index contributed by atoms with van der Waals surface area (Å²) in [6.45, 7) is 7.27. The van der Waals surface area contributed by atoms with E-state index in [1.54, 1.807) is 37.3 Å². The van der Waals surface area contributed by atoms with Gasteiger partial charge in [0.25, 0.3) is 5.91 Å². The first-order valence-corrected chi connectivity index (χ1v) is 12.8. The van der Waals surface area contributed by atoms with Crippen molar-refractivity contribution < 1.29 is 19.1 Å². The highest BCUT2D eigenvalue weighted by Crippen LogP contribution is 2.32. The molecule has 1 fully saturated rings. The zero-order valence-electron chi connectivity index (χ0n) is 21.7. The van der Waals surface area contributed by atoms with Gasteiger partial charge in [0.05, 0.1) is 11.7 Å². The number of anilines is 2. The Balaban J connectivity index is 1.56. The van der Waals surface area contributed by atoms with Crippen LogP contribution in [-0.4, -0.2) is 74.3 Å². The zero-order chi connectivity index (χ0) is 25.7. The molecule has 3 amide bonds. The molecule has 1 saturated carbocycles. The van der Waals surface area contributed by atoms with E-state index in [1.807, 2.05) is 30.3 Å². The number of fused-ring (bicyclic) bond motifs is 1. The van der Waals surface area contributed by atoms with Gasteiger partial charge >= 0.3 is 6.03 Å². The van der Waals surface area contributed by atoms with Crippen LogP contribution in [0.3, 0.4) is 0 Å². The maximum absolute atomic E-state index is 13.5. The minimum absolute atomic E-state index is 0.0883. The van der Waals surface area contributed by atoms with Gasteiger partial charge in [0, 0.05) is 51.2 Å². The first kappa shape index (κ1) is 26.0. The summed E-state index contributed by atoms with van der Waals surface area (Å²) in [6, 6.07) is 14.2. The quantitative estimate of drug-likeness (QED) is 0.637. The molecular weight excluding hydrogens is 456 g/mol. The van der Waals surface area contributed by atoms with E-state index in [0.29, 0.717) is 35.8 Å². The lowest BCUT2D eigenvalue weighted by molar-refractivity contribution is 0.00994. The molecule has 8 heteroatoms. The van der Waals surface area contributed by atoms with Crippen molar-refractivity contribution in [3.05, 3.63) is 54.1 Å². The van der Waals surface area contributed by atoms with Gasteiger partial charge in [-0.3, -0.25) is 9.69 Å². The van der Waals surface area contributed by atoms with E-state index in [1.165, 1.54) is 12.8 Å². The molecule has 1 aliphatic carbocycles. The van der Waals surface area contributed by atoms with Crippen molar-refractivity contribution >= 4 is 23.3 Å². The standard InChI is InChI=1S/C28H38N4O4/c1-19-15-32(16-21-10-11-21)20(2)18-36-25-13-12-23(30-28(34)29-22-8-6-5-7-9-22)14-24(25)27(33)31(3)17-26(19)35-4/h5-9,12-14,19-21,26H,10-11,15-18H2,1-4H3,(H2,29,30,34)/t19-,20+,26-/m0/s1. The number of rotatable bonds is 5. The highest BCUT2D eigenvalue weighted by Gasteiger charge is 2.31. The Hall–Kier alpha value is -3.10. The third kappa shape index (κ3) is 6.77. The fourth-order valence-electron chi connectivity index (χ4n) is 4.63. The Morgan fingerprint density at radius 2 is 1.78 bits per heavy atom. The number of hydrogen-bond acceptors (Lipinski definition) is 5. The first-order valence-electron chi connectivity index (χ1n) is 12.8. The van der Waals surface area contributed by atoms with Crippen LogP contribution in [0.15, 0.2) is 48.5 Å². The maximum Gasteiger partial charge on any atom is 0.323 e.